The summed E-state index contributed by atoms with van der Waals surface area (Å²) in [4.78, 5) is 38.1. The molecule has 2 aromatic heterocycles. The van der Waals surface area contributed by atoms with Crippen LogP contribution in [-0.4, -0.2) is 25.2 Å². The van der Waals surface area contributed by atoms with Crippen LogP contribution in [0.15, 0.2) is 58.1 Å². The van der Waals surface area contributed by atoms with Gasteiger partial charge in [-0.25, -0.2) is 4.79 Å². The van der Waals surface area contributed by atoms with Crippen LogP contribution in [-0.2, 0) is 24.4 Å². The number of fused-ring (bicyclic) bond motifs is 3. The maximum absolute atomic E-state index is 13.6. The van der Waals surface area contributed by atoms with Gasteiger partial charge in [0.05, 0.1) is 44.9 Å². The zero-order valence-corrected chi connectivity index (χ0v) is 20.2. The van der Waals surface area contributed by atoms with Gasteiger partial charge in [0, 0.05) is 20.2 Å². The van der Waals surface area contributed by atoms with E-state index in [9.17, 15) is 19.7 Å². The molecule has 1 atom stereocenters. The van der Waals surface area contributed by atoms with E-state index >= 15 is 0 Å². The third kappa shape index (κ3) is 3.26. The Morgan fingerprint density at radius 3 is 2.46 bits per heavy atom. The van der Waals surface area contributed by atoms with Crippen molar-refractivity contribution in [3.63, 3.8) is 0 Å². The van der Waals surface area contributed by atoms with Gasteiger partial charge in [-0.15, -0.1) is 0 Å². The number of aromatic nitrogens is 3. The van der Waals surface area contributed by atoms with Crippen LogP contribution in [0.1, 0.15) is 36.8 Å². The third-order valence-electron chi connectivity index (χ3n) is 6.77. The first-order chi connectivity index (χ1) is 16.5. The van der Waals surface area contributed by atoms with Gasteiger partial charge < -0.3 is 9.30 Å². The zero-order valence-electron chi connectivity index (χ0n) is 20.2. The van der Waals surface area contributed by atoms with Crippen LogP contribution in [0.3, 0.4) is 0 Å². The molecule has 3 heterocycles. The van der Waals surface area contributed by atoms with E-state index in [0.29, 0.717) is 27.9 Å². The van der Waals surface area contributed by atoms with Gasteiger partial charge in [0.25, 0.3) is 11.2 Å². The second-order valence-corrected chi connectivity index (χ2v) is 9.69. The molecule has 0 saturated heterocycles. The molecule has 180 valence electrons. The fraction of sp³-hybridized carbons (Fsp3) is 0.308. The lowest BCUT2D eigenvalue weighted by atomic mass is 9.97. The van der Waals surface area contributed by atoms with Gasteiger partial charge in [-0.1, -0.05) is 35.9 Å². The molecule has 9 nitrogen and oxygen atoms in total. The minimum Gasteiger partial charge on any atom is -0.364 e. The molecular weight excluding hydrogens is 448 g/mol. The maximum atomic E-state index is 13.6. The van der Waals surface area contributed by atoms with E-state index < -0.39 is 27.8 Å². The fourth-order valence-electron chi connectivity index (χ4n) is 5.18. The lowest BCUT2D eigenvalue weighted by Crippen LogP contribution is -2.40. The molecule has 0 unspecified atom stereocenters. The lowest BCUT2D eigenvalue weighted by Gasteiger charge is -2.39. The number of nitrogens with zero attached hydrogens (tertiary/aromatic N) is 4. The summed E-state index contributed by atoms with van der Waals surface area (Å²) in [6.45, 7) is 6.22. The van der Waals surface area contributed by atoms with E-state index in [2.05, 4.69) is 0 Å². The Hall–Kier alpha value is -3.98. The van der Waals surface area contributed by atoms with Gasteiger partial charge in [-0.3, -0.25) is 24.0 Å². The van der Waals surface area contributed by atoms with E-state index in [1.807, 2.05) is 49.6 Å². The zero-order chi connectivity index (χ0) is 25.2. The molecule has 0 bridgehead atoms. The summed E-state index contributed by atoms with van der Waals surface area (Å²) in [7, 11) is 3.07. The Kier molecular flexibility index (Phi) is 5.06. The van der Waals surface area contributed by atoms with Crippen LogP contribution >= 0.6 is 0 Å². The molecule has 0 N–H and O–H groups in total. The van der Waals surface area contributed by atoms with E-state index in [0.717, 1.165) is 15.7 Å². The predicted molar refractivity (Wildman–Crippen MR) is 133 cm³/mol. The van der Waals surface area contributed by atoms with Crippen molar-refractivity contribution in [3.8, 4) is 11.3 Å². The Morgan fingerprint density at radius 1 is 1.06 bits per heavy atom. The summed E-state index contributed by atoms with van der Waals surface area (Å²) >= 11 is 0. The molecule has 0 amide bonds. The normalized spacial score (nSPS) is 16.9. The lowest BCUT2D eigenvalue weighted by molar-refractivity contribution is -0.386. The van der Waals surface area contributed by atoms with Crippen molar-refractivity contribution in [2.75, 3.05) is 6.61 Å². The number of aryl methyl sites for hydroxylation is 2. The van der Waals surface area contributed by atoms with Crippen molar-refractivity contribution in [1.82, 2.24) is 13.7 Å². The predicted octanol–water partition coefficient (Wildman–Crippen LogP) is 3.78. The summed E-state index contributed by atoms with van der Waals surface area (Å²) < 4.78 is 10.9. The van der Waals surface area contributed by atoms with E-state index in [1.165, 1.54) is 17.7 Å². The number of hydrogen-bond acceptors (Lipinski definition) is 5. The molecule has 0 fully saturated rings. The first kappa shape index (κ1) is 22.8. The topological polar surface area (TPSA) is 101 Å². The number of benzene rings is 2. The molecule has 0 aliphatic carbocycles. The monoisotopic (exact) mass is 474 g/mol. The Balaban J connectivity index is 2.03. The molecule has 35 heavy (non-hydrogen) atoms. The van der Waals surface area contributed by atoms with Crippen molar-refractivity contribution in [1.29, 1.82) is 0 Å². The molecule has 1 aliphatic heterocycles. The van der Waals surface area contributed by atoms with Crippen LogP contribution in [0, 0.1) is 17.0 Å². The summed E-state index contributed by atoms with van der Waals surface area (Å²) in [5, 5.41) is 12.3. The Bertz CT molecular complexity index is 1640. The minimum absolute atomic E-state index is 0.0796. The standard InChI is InChI=1S/C26H26N4O5/c1-15-9-8-10-16(13-15)20-19-21(27(4)25(32)28(5)24(19)31)22-23(35-14-26(2,3)29(20)22)17-11-6-7-12-18(17)30(33)34/h6-13,23H,14H2,1-5H3/t23-/m1/s1. The molecule has 4 aromatic rings. The highest BCUT2D eigenvalue weighted by Crippen LogP contribution is 2.46. The molecule has 5 rings (SSSR count). The summed E-state index contributed by atoms with van der Waals surface area (Å²) in [6, 6.07) is 14.3. The smallest absolute Gasteiger partial charge is 0.331 e. The van der Waals surface area contributed by atoms with Gasteiger partial charge in [-0.2, -0.15) is 0 Å². The number of hydrogen-bond donors (Lipinski definition) is 0. The number of para-hydroxylation sites is 1. The summed E-state index contributed by atoms with van der Waals surface area (Å²) in [5.41, 5.74) is 2.30. The van der Waals surface area contributed by atoms with E-state index in [4.69, 9.17) is 4.74 Å². The molecule has 0 spiro atoms. The van der Waals surface area contributed by atoms with Gasteiger partial charge in [0.2, 0.25) is 0 Å². The maximum Gasteiger partial charge on any atom is 0.331 e. The van der Waals surface area contributed by atoms with Gasteiger partial charge in [0.1, 0.15) is 6.10 Å². The van der Waals surface area contributed by atoms with Gasteiger partial charge >= 0.3 is 5.69 Å². The Labute approximate surface area is 201 Å². The first-order valence-electron chi connectivity index (χ1n) is 11.3. The highest BCUT2D eigenvalue weighted by atomic mass is 16.6. The van der Waals surface area contributed by atoms with Crippen LogP contribution in [0.4, 0.5) is 5.69 Å². The van der Waals surface area contributed by atoms with Crippen LogP contribution in [0.5, 0.6) is 0 Å². The fourth-order valence-corrected chi connectivity index (χ4v) is 5.18. The van der Waals surface area contributed by atoms with Crippen LogP contribution < -0.4 is 11.2 Å². The van der Waals surface area contributed by atoms with Crippen molar-refractivity contribution in [2.45, 2.75) is 32.4 Å². The van der Waals surface area contributed by atoms with Crippen molar-refractivity contribution in [2.24, 2.45) is 14.1 Å². The molecule has 9 heteroatoms. The minimum atomic E-state index is -0.844. The number of nitro groups is 1. The number of nitro benzene ring substituents is 1. The molecule has 0 radical (unpaired) electrons. The summed E-state index contributed by atoms with van der Waals surface area (Å²) in [5.74, 6) is 0. The second-order valence-electron chi connectivity index (χ2n) is 9.69. The highest BCUT2D eigenvalue weighted by Gasteiger charge is 2.42. The number of rotatable bonds is 3. The highest BCUT2D eigenvalue weighted by molar-refractivity contribution is 5.97. The average Bonchev–Trinajstić information content (AvgIpc) is 3.19. The van der Waals surface area contributed by atoms with Crippen LogP contribution in [0.25, 0.3) is 22.2 Å². The number of ether oxygens (including phenoxy) is 1. The van der Waals surface area contributed by atoms with E-state index in [1.54, 1.807) is 25.2 Å². The summed E-state index contributed by atoms with van der Waals surface area (Å²) in [6.07, 6.45) is -0.844. The van der Waals surface area contributed by atoms with Crippen molar-refractivity contribution >= 4 is 16.6 Å². The Morgan fingerprint density at radius 2 is 1.77 bits per heavy atom. The second kappa shape index (κ2) is 7.78. The average molecular weight is 475 g/mol. The largest absolute Gasteiger partial charge is 0.364 e. The SMILES string of the molecule is Cc1cccc(-c2c3c(=O)n(C)c(=O)n(C)c3c3n2C(C)(C)CO[C@@H]3c2ccccc2[N+](=O)[O-])c1. The van der Waals surface area contributed by atoms with Gasteiger partial charge in [0.15, 0.2) is 0 Å². The molecular formula is C26H26N4O5. The third-order valence-corrected chi connectivity index (χ3v) is 6.77. The van der Waals surface area contributed by atoms with Gasteiger partial charge in [-0.05, 0) is 38.5 Å². The first-order valence-corrected chi connectivity index (χ1v) is 11.3. The molecule has 1 aliphatic rings. The van der Waals surface area contributed by atoms with Crippen molar-refractivity contribution < 1.29 is 9.66 Å². The van der Waals surface area contributed by atoms with Crippen LogP contribution in [0.2, 0.25) is 0 Å². The molecule has 2 aromatic carbocycles. The molecule has 0 saturated carbocycles. The van der Waals surface area contributed by atoms with E-state index in [-0.39, 0.29) is 12.3 Å². The quantitative estimate of drug-likeness (QED) is 0.332. The van der Waals surface area contributed by atoms with Crippen molar-refractivity contribution in [3.05, 3.63) is 96.3 Å².